The zero-order valence-electron chi connectivity index (χ0n) is 16.4. The Kier molecular flexibility index (Phi) is 7.60. The van der Waals surface area contributed by atoms with Crippen LogP contribution in [-0.2, 0) is 16.6 Å². The second kappa shape index (κ2) is 9.68. The topological polar surface area (TPSA) is 73.8 Å². The van der Waals surface area contributed by atoms with Crippen LogP contribution in [0, 0.1) is 11.6 Å². The summed E-state index contributed by atoms with van der Waals surface area (Å²) in [5, 5.41) is 6.69. The summed E-state index contributed by atoms with van der Waals surface area (Å²) in [4.78, 5) is 4.59. The van der Waals surface area contributed by atoms with Crippen molar-refractivity contribution in [3.8, 4) is 0 Å². The van der Waals surface area contributed by atoms with E-state index in [2.05, 4.69) is 15.6 Å². The van der Waals surface area contributed by atoms with Crippen LogP contribution in [0.1, 0.15) is 18.4 Å². The Bertz CT molecular complexity index is 1050. The molecule has 170 valence electrons. The number of aliphatic imine (C=N–C) groups is 1. The summed E-state index contributed by atoms with van der Waals surface area (Å²) in [5.74, 6) is -0.551. The second-order valence-electron chi connectivity index (χ2n) is 7.33. The van der Waals surface area contributed by atoms with Gasteiger partial charge in [-0.05, 0) is 42.7 Å². The minimum Gasteiger partial charge on any atom is -0.368 e. The van der Waals surface area contributed by atoms with Crippen molar-refractivity contribution in [1.29, 1.82) is 0 Å². The fourth-order valence-electron chi connectivity index (χ4n) is 3.91. The second-order valence-corrected chi connectivity index (χ2v) is 11.2. The maximum atomic E-state index is 13.5. The summed E-state index contributed by atoms with van der Waals surface area (Å²) >= 11 is 6.95. The molecule has 0 aliphatic carbocycles. The molecule has 1 fully saturated rings. The summed E-state index contributed by atoms with van der Waals surface area (Å²) < 4.78 is 54.8. The first-order chi connectivity index (χ1) is 14.3. The number of thiophene rings is 1. The molecule has 0 atom stereocenters. The normalized spacial score (nSPS) is 19.0. The van der Waals surface area contributed by atoms with E-state index in [1.54, 1.807) is 6.07 Å². The Morgan fingerprint density at radius 2 is 1.87 bits per heavy atom. The van der Waals surface area contributed by atoms with Gasteiger partial charge in [0.25, 0.3) is 10.0 Å². The van der Waals surface area contributed by atoms with Gasteiger partial charge in [-0.3, -0.25) is 4.99 Å². The van der Waals surface area contributed by atoms with Gasteiger partial charge < -0.3 is 10.6 Å². The molecule has 1 aromatic heterocycles. The quantitative estimate of drug-likeness (QED) is 0.660. The van der Waals surface area contributed by atoms with E-state index in [1.165, 1.54) is 22.5 Å². The van der Waals surface area contributed by atoms with Crippen LogP contribution >= 0.6 is 35.3 Å². The molecule has 2 aliphatic rings. The largest absolute Gasteiger partial charge is 0.368 e. The Labute approximate surface area is 195 Å². The molecule has 2 aliphatic heterocycles. The van der Waals surface area contributed by atoms with Crippen LogP contribution in [0.2, 0.25) is 4.34 Å². The predicted octanol–water partition coefficient (Wildman–Crippen LogP) is 3.42. The standard InChI is InChI=1S/C19H21ClF2N4O2S2.ClH/c20-16-1-2-17(29-16)30(27,28)26-7-3-19(4-8-26)18(23-5-6-25-19)24-12-13-9-14(21)11-15(22)10-13;/h1-2,9-11,25H,3-8,12H2,(H,23,24);1H. The molecule has 12 heteroatoms. The van der Waals surface area contributed by atoms with E-state index >= 15 is 0 Å². The van der Waals surface area contributed by atoms with Crippen LogP contribution in [0.5, 0.6) is 0 Å². The van der Waals surface area contributed by atoms with Crippen LogP contribution in [0.3, 0.4) is 0 Å². The number of rotatable bonds is 4. The highest BCUT2D eigenvalue weighted by atomic mass is 35.5. The van der Waals surface area contributed by atoms with Crippen LogP contribution in [-0.4, -0.2) is 50.3 Å². The molecule has 0 saturated carbocycles. The van der Waals surface area contributed by atoms with Gasteiger partial charge in [-0.15, -0.1) is 23.7 Å². The minimum absolute atomic E-state index is 0. The van der Waals surface area contributed by atoms with Crippen molar-refractivity contribution in [1.82, 2.24) is 14.9 Å². The lowest BCUT2D eigenvalue weighted by molar-refractivity contribution is 0.241. The van der Waals surface area contributed by atoms with Gasteiger partial charge in [-0.2, -0.15) is 4.31 Å². The predicted molar refractivity (Wildman–Crippen MR) is 121 cm³/mol. The van der Waals surface area contributed by atoms with Crippen LogP contribution < -0.4 is 10.6 Å². The highest BCUT2D eigenvalue weighted by molar-refractivity contribution is 7.91. The van der Waals surface area contributed by atoms with E-state index in [0.29, 0.717) is 54.8 Å². The summed E-state index contributed by atoms with van der Waals surface area (Å²) in [5.41, 5.74) is -0.00558. The van der Waals surface area contributed by atoms with Crippen molar-refractivity contribution in [3.05, 3.63) is 51.9 Å². The number of hydrogen-bond donors (Lipinski definition) is 2. The van der Waals surface area contributed by atoms with Gasteiger partial charge in [0.2, 0.25) is 0 Å². The van der Waals surface area contributed by atoms with Gasteiger partial charge in [-0.1, -0.05) is 11.6 Å². The van der Waals surface area contributed by atoms with E-state index in [1.807, 2.05) is 0 Å². The smallest absolute Gasteiger partial charge is 0.252 e. The number of benzene rings is 1. The Morgan fingerprint density at radius 3 is 2.48 bits per heavy atom. The van der Waals surface area contributed by atoms with Crippen LogP contribution in [0.15, 0.2) is 39.5 Å². The van der Waals surface area contributed by atoms with Gasteiger partial charge in [0, 0.05) is 32.2 Å². The number of piperidine rings is 1. The van der Waals surface area contributed by atoms with Crippen molar-refractivity contribution in [2.45, 2.75) is 29.1 Å². The van der Waals surface area contributed by atoms with Crippen LogP contribution in [0.4, 0.5) is 8.78 Å². The number of hydrogen-bond acceptors (Lipinski definition) is 6. The fraction of sp³-hybridized carbons (Fsp3) is 0.421. The van der Waals surface area contributed by atoms with Gasteiger partial charge >= 0.3 is 0 Å². The Balaban J connectivity index is 0.00000272. The van der Waals surface area contributed by atoms with E-state index in [4.69, 9.17) is 11.6 Å². The lowest BCUT2D eigenvalue weighted by Crippen LogP contribution is -2.64. The van der Waals surface area contributed by atoms with Gasteiger partial charge in [0.1, 0.15) is 21.7 Å². The van der Waals surface area contributed by atoms with Gasteiger partial charge in [0.15, 0.2) is 0 Å². The first-order valence-corrected chi connectivity index (χ1v) is 12.2. The first-order valence-electron chi connectivity index (χ1n) is 9.53. The Morgan fingerprint density at radius 1 is 1.19 bits per heavy atom. The molecule has 1 saturated heterocycles. The minimum atomic E-state index is -3.58. The molecular weight excluding hydrogens is 489 g/mol. The van der Waals surface area contributed by atoms with Crippen molar-refractivity contribution < 1.29 is 17.2 Å². The van der Waals surface area contributed by atoms with Gasteiger partial charge in [-0.25, -0.2) is 17.2 Å². The molecule has 3 heterocycles. The van der Waals surface area contributed by atoms with Crippen LogP contribution in [0.25, 0.3) is 0 Å². The average Bonchev–Trinajstić information content (AvgIpc) is 3.14. The monoisotopic (exact) mass is 510 g/mol. The highest BCUT2D eigenvalue weighted by Crippen LogP contribution is 2.32. The third kappa shape index (κ3) is 5.20. The highest BCUT2D eigenvalue weighted by Gasteiger charge is 2.43. The number of amidine groups is 1. The Hall–Kier alpha value is -1.30. The molecule has 0 radical (unpaired) electrons. The molecule has 2 N–H and O–H groups in total. The lowest BCUT2D eigenvalue weighted by Gasteiger charge is -2.44. The van der Waals surface area contributed by atoms with Crippen molar-refractivity contribution in [2.75, 3.05) is 26.2 Å². The number of sulfonamides is 1. The van der Waals surface area contributed by atoms with Crippen molar-refractivity contribution in [2.24, 2.45) is 4.99 Å². The molecule has 0 unspecified atom stereocenters. The summed E-state index contributed by atoms with van der Waals surface area (Å²) in [6, 6.07) is 6.50. The molecule has 6 nitrogen and oxygen atoms in total. The zero-order valence-corrected chi connectivity index (χ0v) is 19.6. The molecule has 1 spiro atoms. The molecule has 4 rings (SSSR count). The summed E-state index contributed by atoms with van der Waals surface area (Å²) in [6.07, 6.45) is 1.07. The van der Waals surface area contributed by atoms with Crippen molar-refractivity contribution in [3.63, 3.8) is 0 Å². The lowest BCUT2D eigenvalue weighted by atomic mass is 9.85. The summed E-state index contributed by atoms with van der Waals surface area (Å²) in [7, 11) is -3.58. The SMILES string of the molecule is Cl.O=S(=O)(c1ccc(Cl)s1)N1CCC2(CC1)NCCN=C2NCc1cc(F)cc(F)c1. The maximum Gasteiger partial charge on any atom is 0.252 e. The molecule has 0 bridgehead atoms. The third-order valence-corrected chi connectivity index (χ3v) is 9.00. The van der Waals surface area contributed by atoms with E-state index in [9.17, 15) is 17.2 Å². The van der Waals surface area contributed by atoms with E-state index in [-0.39, 0.29) is 23.2 Å². The van der Waals surface area contributed by atoms with E-state index in [0.717, 1.165) is 17.4 Å². The molecular formula is C19H22Cl2F2N4O2S2. The molecule has 1 aromatic carbocycles. The molecule has 31 heavy (non-hydrogen) atoms. The molecule has 2 aromatic rings. The third-order valence-electron chi connectivity index (χ3n) is 5.40. The number of nitrogens with one attached hydrogen (secondary N) is 2. The average molecular weight is 511 g/mol. The van der Waals surface area contributed by atoms with Crippen molar-refractivity contribution >= 4 is 51.2 Å². The number of nitrogens with zero attached hydrogens (tertiary/aromatic N) is 2. The maximum absolute atomic E-state index is 13.5. The molecule has 0 amide bonds. The fourth-order valence-corrected chi connectivity index (χ4v) is 6.99. The van der Waals surface area contributed by atoms with E-state index < -0.39 is 27.2 Å². The zero-order chi connectivity index (χ0) is 21.4. The van der Waals surface area contributed by atoms with Gasteiger partial charge in [0.05, 0.1) is 16.4 Å². The summed E-state index contributed by atoms with van der Waals surface area (Å²) in [6.45, 7) is 2.16. The number of halogens is 4. The first kappa shape index (κ1) is 24.3.